The first-order valence-electron chi connectivity index (χ1n) is 7.48. The van der Waals surface area contributed by atoms with Crippen molar-refractivity contribution in [1.29, 1.82) is 0 Å². The molecule has 1 spiro atoms. The van der Waals surface area contributed by atoms with Crippen molar-refractivity contribution in [2.75, 3.05) is 24.5 Å². The predicted molar refractivity (Wildman–Crippen MR) is 80.4 cm³/mol. The Morgan fingerprint density at radius 1 is 1.35 bits per heavy atom. The van der Waals surface area contributed by atoms with Gasteiger partial charge >= 0.3 is 0 Å². The van der Waals surface area contributed by atoms with Crippen molar-refractivity contribution in [3.63, 3.8) is 0 Å². The topological polar surface area (TPSA) is 33.1 Å². The van der Waals surface area contributed by atoms with Gasteiger partial charge in [-0.3, -0.25) is 0 Å². The van der Waals surface area contributed by atoms with Gasteiger partial charge in [0.05, 0.1) is 16.9 Å². The van der Waals surface area contributed by atoms with Crippen molar-refractivity contribution in [3.05, 3.63) is 42.4 Å². The van der Waals surface area contributed by atoms with E-state index in [1.807, 2.05) is 12.3 Å². The number of fused-ring (bicyclic) bond motifs is 4. The number of aromatic nitrogens is 2. The summed E-state index contributed by atoms with van der Waals surface area (Å²) in [6.45, 7) is 5.43. The summed E-state index contributed by atoms with van der Waals surface area (Å²) in [4.78, 5) is 7.19. The van der Waals surface area contributed by atoms with Gasteiger partial charge in [0.2, 0.25) is 0 Å². The Bertz CT molecular complexity index is 625. The lowest BCUT2D eigenvalue weighted by Gasteiger charge is -2.46. The van der Waals surface area contributed by atoms with Crippen molar-refractivity contribution >= 4 is 5.69 Å². The molecule has 4 heterocycles. The molecule has 104 valence electrons. The van der Waals surface area contributed by atoms with E-state index in [9.17, 15) is 0 Å². The van der Waals surface area contributed by atoms with E-state index in [4.69, 9.17) is 0 Å². The fourth-order valence-corrected chi connectivity index (χ4v) is 3.78. The van der Waals surface area contributed by atoms with Gasteiger partial charge in [0.15, 0.2) is 5.82 Å². The van der Waals surface area contributed by atoms with E-state index < -0.39 is 0 Å². The van der Waals surface area contributed by atoms with E-state index in [0.717, 1.165) is 38.3 Å². The van der Waals surface area contributed by atoms with E-state index in [1.165, 1.54) is 11.4 Å². The van der Waals surface area contributed by atoms with Gasteiger partial charge in [-0.25, -0.2) is 4.98 Å². The highest BCUT2D eigenvalue weighted by atomic mass is 15.3. The Labute approximate surface area is 119 Å². The first-order valence-corrected chi connectivity index (χ1v) is 7.48. The van der Waals surface area contributed by atoms with E-state index in [0.29, 0.717) is 0 Å². The van der Waals surface area contributed by atoms with Gasteiger partial charge in [0.25, 0.3) is 0 Å². The molecule has 20 heavy (non-hydrogen) atoms. The van der Waals surface area contributed by atoms with Crippen LogP contribution in [0.2, 0.25) is 0 Å². The molecule has 2 aliphatic rings. The lowest BCUT2D eigenvalue weighted by atomic mass is 9.89. The van der Waals surface area contributed by atoms with Gasteiger partial charge in [-0.1, -0.05) is 6.92 Å². The molecule has 0 saturated carbocycles. The molecule has 0 radical (unpaired) electrons. The van der Waals surface area contributed by atoms with Crippen LogP contribution >= 0.6 is 0 Å². The van der Waals surface area contributed by atoms with Crippen LogP contribution in [0.5, 0.6) is 0 Å². The molecule has 1 fully saturated rings. The monoisotopic (exact) mass is 268 g/mol. The molecule has 2 aromatic rings. The summed E-state index contributed by atoms with van der Waals surface area (Å²) in [5, 5.41) is 3.56. The Balaban J connectivity index is 1.97. The minimum atomic E-state index is 0.0928. The highest BCUT2D eigenvalue weighted by Crippen LogP contribution is 2.44. The second-order valence-electron chi connectivity index (χ2n) is 5.72. The molecule has 4 heteroatoms. The SMILES string of the molecule is CCCN1c2cccnc2-n2cccc2C12CCNC2. The summed E-state index contributed by atoms with van der Waals surface area (Å²) in [5.74, 6) is 1.07. The van der Waals surface area contributed by atoms with Crippen LogP contribution in [0, 0.1) is 0 Å². The Morgan fingerprint density at radius 2 is 2.30 bits per heavy atom. The molecule has 0 amide bonds. The van der Waals surface area contributed by atoms with Crippen LogP contribution in [-0.2, 0) is 5.54 Å². The van der Waals surface area contributed by atoms with Crippen molar-refractivity contribution in [1.82, 2.24) is 14.9 Å². The van der Waals surface area contributed by atoms with Gasteiger partial charge in [-0.2, -0.15) is 0 Å². The summed E-state index contributed by atoms with van der Waals surface area (Å²) >= 11 is 0. The third-order valence-corrected chi connectivity index (χ3v) is 4.61. The van der Waals surface area contributed by atoms with E-state index in [2.05, 4.69) is 51.1 Å². The molecular weight excluding hydrogens is 248 g/mol. The van der Waals surface area contributed by atoms with Crippen LogP contribution < -0.4 is 10.2 Å². The second kappa shape index (κ2) is 4.35. The lowest BCUT2D eigenvalue weighted by Crippen LogP contribution is -2.52. The van der Waals surface area contributed by atoms with Gasteiger partial charge in [-0.15, -0.1) is 0 Å². The van der Waals surface area contributed by atoms with Gasteiger partial charge in [-0.05, 0) is 43.7 Å². The summed E-state index contributed by atoms with van der Waals surface area (Å²) in [5.41, 5.74) is 2.74. The second-order valence-corrected chi connectivity index (χ2v) is 5.72. The number of anilines is 1. The van der Waals surface area contributed by atoms with Crippen molar-refractivity contribution < 1.29 is 0 Å². The summed E-state index contributed by atoms with van der Waals surface area (Å²) < 4.78 is 2.27. The molecule has 0 aromatic carbocycles. The Morgan fingerprint density at radius 3 is 3.10 bits per heavy atom. The zero-order valence-corrected chi connectivity index (χ0v) is 11.8. The smallest absolute Gasteiger partial charge is 0.160 e. The molecule has 1 N–H and O–H groups in total. The van der Waals surface area contributed by atoms with Gasteiger partial charge in [0.1, 0.15) is 0 Å². The zero-order chi connectivity index (χ0) is 13.6. The molecule has 4 nitrogen and oxygen atoms in total. The maximum atomic E-state index is 4.62. The highest BCUT2D eigenvalue weighted by molar-refractivity contribution is 5.66. The first kappa shape index (κ1) is 12.0. The fourth-order valence-electron chi connectivity index (χ4n) is 3.78. The molecule has 2 aliphatic heterocycles. The van der Waals surface area contributed by atoms with Crippen LogP contribution in [0.1, 0.15) is 25.5 Å². The molecular formula is C16H20N4. The molecule has 4 rings (SSSR count). The number of hydrogen-bond acceptors (Lipinski definition) is 3. The first-order chi connectivity index (χ1) is 9.87. The van der Waals surface area contributed by atoms with Crippen LogP contribution in [0.25, 0.3) is 5.82 Å². The largest absolute Gasteiger partial charge is 0.356 e. The number of nitrogens with one attached hydrogen (secondary N) is 1. The molecule has 1 atom stereocenters. The molecule has 0 bridgehead atoms. The minimum absolute atomic E-state index is 0.0928. The minimum Gasteiger partial charge on any atom is -0.356 e. The third-order valence-electron chi connectivity index (χ3n) is 4.61. The number of hydrogen-bond donors (Lipinski definition) is 1. The summed E-state index contributed by atoms with van der Waals surface area (Å²) in [7, 11) is 0. The standard InChI is InChI=1S/C16H20N4/c1-2-10-20-13-5-3-8-18-15(13)19-11-4-6-14(19)16(20)7-9-17-12-16/h3-6,8,11,17H,2,7,9-10,12H2,1H3. The molecule has 1 saturated heterocycles. The van der Waals surface area contributed by atoms with Crippen LogP contribution in [0.15, 0.2) is 36.7 Å². The Hall–Kier alpha value is -1.81. The van der Waals surface area contributed by atoms with E-state index in [-0.39, 0.29) is 5.54 Å². The van der Waals surface area contributed by atoms with Gasteiger partial charge < -0.3 is 14.8 Å². The Kier molecular flexibility index (Phi) is 2.60. The number of nitrogens with zero attached hydrogens (tertiary/aromatic N) is 3. The van der Waals surface area contributed by atoms with Crippen molar-refractivity contribution in [2.45, 2.75) is 25.3 Å². The maximum absolute atomic E-state index is 4.62. The van der Waals surface area contributed by atoms with E-state index >= 15 is 0 Å². The fraction of sp³-hybridized carbons (Fsp3) is 0.438. The molecule has 1 unspecified atom stereocenters. The van der Waals surface area contributed by atoms with Crippen LogP contribution in [-0.4, -0.2) is 29.2 Å². The number of pyridine rings is 1. The van der Waals surface area contributed by atoms with Gasteiger partial charge in [0, 0.05) is 25.5 Å². The van der Waals surface area contributed by atoms with Crippen molar-refractivity contribution in [3.8, 4) is 5.82 Å². The molecule has 2 aromatic heterocycles. The maximum Gasteiger partial charge on any atom is 0.160 e. The zero-order valence-electron chi connectivity index (χ0n) is 11.8. The van der Waals surface area contributed by atoms with Crippen LogP contribution in [0.4, 0.5) is 5.69 Å². The average molecular weight is 268 g/mol. The highest BCUT2D eigenvalue weighted by Gasteiger charge is 2.46. The molecule has 0 aliphatic carbocycles. The quantitative estimate of drug-likeness (QED) is 0.907. The average Bonchev–Trinajstić information content (AvgIpc) is 3.14. The van der Waals surface area contributed by atoms with Crippen molar-refractivity contribution in [2.24, 2.45) is 0 Å². The summed E-state index contributed by atoms with van der Waals surface area (Å²) in [6.07, 6.45) is 6.34. The predicted octanol–water partition coefficient (Wildman–Crippen LogP) is 2.29. The lowest BCUT2D eigenvalue weighted by molar-refractivity contribution is 0.403. The summed E-state index contributed by atoms with van der Waals surface area (Å²) in [6, 6.07) is 8.66. The number of rotatable bonds is 2. The van der Waals surface area contributed by atoms with E-state index in [1.54, 1.807) is 0 Å². The normalized spacial score (nSPS) is 23.9. The third kappa shape index (κ3) is 1.43. The van der Waals surface area contributed by atoms with Crippen LogP contribution in [0.3, 0.4) is 0 Å².